The van der Waals surface area contributed by atoms with Gasteiger partial charge in [0.05, 0.1) is 31.7 Å². The third-order valence-corrected chi connectivity index (χ3v) is 5.70. The summed E-state index contributed by atoms with van der Waals surface area (Å²) in [6.07, 6.45) is 2.11. The number of hydrogen-bond donors (Lipinski definition) is 2. The third-order valence-electron chi connectivity index (χ3n) is 5.70. The smallest absolute Gasteiger partial charge is 0.305 e. The lowest BCUT2D eigenvalue weighted by Gasteiger charge is -2.40. The molecule has 2 heterocycles. The number of Topliss-reactive ketones (excluding diaryl/α,β-unsaturated/α-hetero) is 1. The van der Waals surface area contributed by atoms with Gasteiger partial charge < -0.3 is 20.1 Å². The topological polar surface area (TPSA) is 109 Å². The first-order valence-electron chi connectivity index (χ1n) is 9.97. The van der Waals surface area contributed by atoms with E-state index in [0.29, 0.717) is 18.2 Å². The van der Waals surface area contributed by atoms with Crippen molar-refractivity contribution in [2.75, 3.05) is 24.6 Å². The number of carbonyl (C=O) groups excluding carboxylic acids is 2. The summed E-state index contributed by atoms with van der Waals surface area (Å²) in [5.74, 6) is -4.09. The van der Waals surface area contributed by atoms with E-state index in [1.165, 1.54) is 17.0 Å². The number of anilines is 1. The van der Waals surface area contributed by atoms with Crippen LogP contribution < -0.4 is 15.0 Å². The van der Waals surface area contributed by atoms with Crippen molar-refractivity contribution >= 4 is 23.3 Å². The van der Waals surface area contributed by atoms with Crippen molar-refractivity contribution in [1.82, 2.24) is 10.3 Å². The molecule has 8 nitrogen and oxygen atoms in total. The fourth-order valence-electron chi connectivity index (χ4n) is 3.90. The first-order valence-corrected chi connectivity index (χ1v) is 9.97. The molecule has 1 saturated heterocycles. The number of aliphatic carboxylic acids is 1. The van der Waals surface area contributed by atoms with Crippen LogP contribution in [0.4, 0.5) is 14.5 Å². The number of halogens is 2. The molecule has 162 valence electrons. The minimum Gasteiger partial charge on any atom is -0.481 e. The molecule has 0 aromatic carbocycles. The molecule has 1 atom stereocenters. The maximum atomic E-state index is 13.3. The van der Waals surface area contributed by atoms with Crippen molar-refractivity contribution in [3.63, 3.8) is 0 Å². The molecular weight excluding hydrogens is 400 g/mol. The van der Waals surface area contributed by atoms with E-state index in [-0.39, 0.29) is 43.0 Å². The molecule has 2 saturated carbocycles. The highest BCUT2D eigenvalue weighted by molar-refractivity contribution is 5.95. The number of carbonyl (C=O) groups is 3. The molecule has 1 aromatic heterocycles. The van der Waals surface area contributed by atoms with Crippen molar-refractivity contribution < 1.29 is 33.0 Å². The van der Waals surface area contributed by atoms with E-state index in [4.69, 9.17) is 4.74 Å². The van der Waals surface area contributed by atoms with Gasteiger partial charge in [0.2, 0.25) is 5.88 Å². The van der Waals surface area contributed by atoms with E-state index in [1.54, 1.807) is 0 Å². The van der Waals surface area contributed by atoms with Crippen molar-refractivity contribution in [2.24, 2.45) is 5.92 Å². The van der Waals surface area contributed by atoms with Crippen LogP contribution in [0.5, 0.6) is 5.88 Å². The van der Waals surface area contributed by atoms with Gasteiger partial charge in [-0.05, 0) is 37.3 Å². The molecule has 0 radical (unpaired) electrons. The Bertz CT molecular complexity index is 881. The Labute approximate surface area is 171 Å². The number of amides is 1. The first kappa shape index (κ1) is 20.5. The van der Waals surface area contributed by atoms with Gasteiger partial charge in [0, 0.05) is 12.8 Å². The molecule has 3 fully saturated rings. The molecule has 1 aliphatic heterocycles. The Balaban J connectivity index is 1.53. The number of aromatic nitrogens is 1. The Morgan fingerprint density at radius 3 is 2.60 bits per heavy atom. The number of hydrogen-bond acceptors (Lipinski definition) is 6. The summed E-state index contributed by atoms with van der Waals surface area (Å²) >= 11 is 0. The zero-order valence-electron chi connectivity index (χ0n) is 16.3. The maximum Gasteiger partial charge on any atom is 0.305 e. The lowest BCUT2D eigenvalue weighted by atomic mass is 9.93. The highest BCUT2D eigenvalue weighted by atomic mass is 19.3. The second-order valence-corrected chi connectivity index (χ2v) is 8.51. The average Bonchev–Trinajstić information content (AvgIpc) is 3.40. The standard InChI is InChI=1S/C20H23F2N3O5/c21-20(22)10-25(11-20)15-4-3-14(23-18(15)30-9-12-1-2-12)17(29)24-19(8-16(27)28)6-5-13(26)7-19/h3-4,12H,1-2,5-11H2,(H,24,29)(H,27,28). The van der Waals surface area contributed by atoms with Gasteiger partial charge >= 0.3 is 5.97 Å². The molecule has 0 bridgehead atoms. The highest BCUT2D eigenvalue weighted by Gasteiger charge is 2.45. The molecule has 30 heavy (non-hydrogen) atoms. The van der Waals surface area contributed by atoms with Crippen molar-refractivity contribution in [3.8, 4) is 5.88 Å². The average molecular weight is 423 g/mol. The maximum absolute atomic E-state index is 13.3. The number of nitrogens with zero attached hydrogens (tertiary/aromatic N) is 2. The van der Waals surface area contributed by atoms with Gasteiger partial charge in [0.15, 0.2) is 0 Å². The number of rotatable bonds is 8. The van der Waals surface area contributed by atoms with E-state index in [2.05, 4.69) is 10.3 Å². The van der Waals surface area contributed by atoms with Gasteiger partial charge in [0.25, 0.3) is 11.8 Å². The number of carboxylic acid groups (broad SMARTS) is 1. The normalized spacial score (nSPS) is 25.0. The van der Waals surface area contributed by atoms with Gasteiger partial charge in [-0.2, -0.15) is 0 Å². The Hall–Kier alpha value is -2.78. The van der Waals surface area contributed by atoms with Gasteiger partial charge in [-0.3, -0.25) is 14.4 Å². The summed E-state index contributed by atoms with van der Waals surface area (Å²) in [6, 6.07) is 2.92. The molecule has 10 heteroatoms. The predicted molar refractivity (Wildman–Crippen MR) is 101 cm³/mol. The number of pyridine rings is 1. The predicted octanol–water partition coefficient (Wildman–Crippen LogP) is 2.02. The largest absolute Gasteiger partial charge is 0.481 e. The molecular formula is C20H23F2N3O5. The van der Waals surface area contributed by atoms with Gasteiger partial charge in [-0.1, -0.05) is 0 Å². The minimum absolute atomic E-state index is 0.0130. The van der Waals surface area contributed by atoms with E-state index >= 15 is 0 Å². The fourth-order valence-corrected chi connectivity index (χ4v) is 3.90. The van der Waals surface area contributed by atoms with Gasteiger partial charge in [-0.15, -0.1) is 0 Å². The second kappa shape index (κ2) is 7.48. The van der Waals surface area contributed by atoms with E-state index in [9.17, 15) is 28.3 Å². The van der Waals surface area contributed by atoms with Crippen LogP contribution in [0, 0.1) is 5.92 Å². The molecule has 1 aromatic rings. The Kier molecular flexibility index (Phi) is 5.11. The fraction of sp³-hybridized carbons (Fsp3) is 0.600. The summed E-state index contributed by atoms with van der Waals surface area (Å²) < 4.78 is 32.3. The quantitative estimate of drug-likeness (QED) is 0.658. The van der Waals surface area contributed by atoms with Crippen LogP contribution in [0.2, 0.25) is 0 Å². The van der Waals surface area contributed by atoms with Crippen LogP contribution in [-0.2, 0) is 9.59 Å². The van der Waals surface area contributed by atoms with Crippen LogP contribution in [-0.4, -0.2) is 58.9 Å². The molecule has 4 rings (SSSR count). The summed E-state index contributed by atoms with van der Waals surface area (Å²) in [5, 5.41) is 11.9. The molecule has 0 spiro atoms. The van der Waals surface area contributed by atoms with Gasteiger partial charge in [0.1, 0.15) is 17.2 Å². The van der Waals surface area contributed by atoms with E-state index in [1.807, 2.05) is 0 Å². The Morgan fingerprint density at radius 2 is 2.03 bits per heavy atom. The number of alkyl halides is 2. The Morgan fingerprint density at radius 1 is 1.30 bits per heavy atom. The lowest BCUT2D eigenvalue weighted by Crippen LogP contribution is -2.56. The molecule has 1 amide bonds. The number of ether oxygens (including phenoxy) is 1. The van der Waals surface area contributed by atoms with E-state index < -0.39 is 36.4 Å². The number of nitrogens with one attached hydrogen (secondary N) is 1. The summed E-state index contributed by atoms with van der Waals surface area (Å²) in [4.78, 5) is 41.5. The zero-order chi connectivity index (χ0) is 21.5. The summed E-state index contributed by atoms with van der Waals surface area (Å²) in [5.41, 5.74) is -0.759. The van der Waals surface area contributed by atoms with Crippen LogP contribution >= 0.6 is 0 Å². The van der Waals surface area contributed by atoms with Crippen LogP contribution in [0.25, 0.3) is 0 Å². The van der Waals surface area contributed by atoms with Crippen LogP contribution in [0.3, 0.4) is 0 Å². The molecule has 1 unspecified atom stereocenters. The molecule has 3 aliphatic rings. The van der Waals surface area contributed by atoms with Crippen molar-refractivity contribution in [3.05, 3.63) is 17.8 Å². The SMILES string of the molecule is O=C(O)CC1(NC(=O)c2ccc(N3CC(F)(F)C3)c(OCC3CC3)n2)CCC(=O)C1. The minimum atomic E-state index is -2.76. The van der Waals surface area contributed by atoms with Crippen molar-refractivity contribution in [1.29, 1.82) is 0 Å². The molecule has 2 aliphatic carbocycles. The zero-order valence-corrected chi connectivity index (χ0v) is 16.3. The number of carboxylic acids is 1. The van der Waals surface area contributed by atoms with Crippen molar-refractivity contribution in [2.45, 2.75) is 50.0 Å². The number of ketones is 1. The van der Waals surface area contributed by atoms with Crippen LogP contribution in [0.1, 0.15) is 49.0 Å². The van der Waals surface area contributed by atoms with Crippen LogP contribution in [0.15, 0.2) is 12.1 Å². The summed E-state index contributed by atoms with van der Waals surface area (Å²) in [7, 11) is 0. The highest BCUT2D eigenvalue weighted by Crippen LogP contribution is 2.38. The molecule has 2 N–H and O–H groups in total. The van der Waals surface area contributed by atoms with Gasteiger partial charge in [-0.25, -0.2) is 13.8 Å². The third kappa shape index (κ3) is 4.52. The monoisotopic (exact) mass is 423 g/mol. The summed E-state index contributed by atoms with van der Waals surface area (Å²) in [6.45, 7) is -0.486. The van der Waals surface area contributed by atoms with E-state index in [0.717, 1.165) is 12.8 Å². The first-order chi connectivity index (χ1) is 14.1. The second-order valence-electron chi connectivity index (χ2n) is 8.51. The lowest BCUT2D eigenvalue weighted by molar-refractivity contribution is -0.138.